The van der Waals surface area contributed by atoms with E-state index in [-0.39, 0.29) is 11.6 Å². The fraction of sp³-hybridized carbons (Fsp3) is 0.538. The van der Waals surface area contributed by atoms with E-state index in [0.29, 0.717) is 21.4 Å². The second-order valence-corrected chi connectivity index (χ2v) is 5.72. The van der Waals surface area contributed by atoms with Gasteiger partial charge in [0.25, 0.3) is 5.91 Å². The highest BCUT2D eigenvalue weighted by Crippen LogP contribution is 2.35. The van der Waals surface area contributed by atoms with Gasteiger partial charge in [-0.1, -0.05) is 13.8 Å². The maximum Gasteiger partial charge on any atom is 0.263 e. The lowest BCUT2D eigenvalue weighted by Gasteiger charge is -2.06. The van der Waals surface area contributed by atoms with Crippen LogP contribution >= 0.6 is 11.3 Å². The number of hydrogen-bond donors (Lipinski definition) is 3. The van der Waals surface area contributed by atoms with Crippen LogP contribution in [0.1, 0.15) is 41.9 Å². The third-order valence-corrected chi connectivity index (χ3v) is 3.90. The molecule has 0 aliphatic heterocycles. The zero-order valence-electron chi connectivity index (χ0n) is 11.5. The highest BCUT2D eigenvalue weighted by Gasteiger charge is 2.19. The third kappa shape index (κ3) is 3.86. The molecule has 0 saturated heterocycles. The molecule has 1 rings (SSSR count). The monoisotopic (exact) mass is 280 g/mol. The summed E-state index contributed by atoms with van der Waals surface area (Å²) < 4.78 is 0. The van der Waals surface area contributed by atoms with Gasteiger partial charge in [-0.2, -0.15) is 5.26 Å². The van der Waals surface area contributed by atoms with E-state index in [2.05, 4.69) is 30.6 Å². The Labute approximate surface area is 117 Å². The molecule has 0 aliphatic rings. The lowest BCUT2D eigenvalue weighted by Crippen LogP contribution is -2.17. The first kappa shape index (κ1) is 15.3. The van der Waals surface area contributed by atoms with Crippen LogP contribution in [-0.4, -0.2) is 19.5 Å². The second kappa shape index (κ2) is 7.00. The number of thiophene rings is 1. The Bertz CT molecular complexity index is 488. The lowest BCUT2D eigenvalue weighted by atomic mass is 10.1. The first-order valence-electron chi connectivity index (χ1n) is 6.29. The Morgan fingerprint density at radius 2 is 2.21 bits per heavy atom. The van der Waals surface area contributed by atoms with E-state index in [0.717, 1.165) is 19.4 Å². The van der Waals surface area contributed by atoms with Crippen molar-refractivity contribution < 1.29 is 4.79 Å². The summed E-state index contributed by atoms with van der Waals surface area (Å²) in [6.07, 6.45) is 2.15. The number of carbonyl (C=O) groups excluding carboxylic acids is 1. The normalized spacial score (nSPS) is 10.3. The van der Waals surface area contributed by atoms with Gasteiger partial charge in [-0.15, -0.1) is 11.3 Å². The molecule has 0 unspecified atom stereocenters. The summed E-state index contributed by atoms with van der Waals surface area (Å²) in [6, 6.07) is 2.06. The van der Waals surface area contributed by atoms with Gasteiger partial charge < -0.3 is 16.4 Å². The fourth-order valence-corrected chi connectivity index (χ4v) is 2.72. The lowest BCUT2D eigenvalue weighted by molar-refractivity contribution is 0.0968. The molecule has 104 valence electrons. The SMILES string of the molecule is CNC(=O)c1sc(NCCCC(C)C)c(C#N)c1N. The van der Waals surface area contributed by atoms with Crippen molar-refractivity contribution >= 4 is 27.9 Å². The Kier molecular flexibility index (Phi) is 5.64. The quantitative estimate of drug-likeness (QED) is 0.698. The minimum atomic E-state index is -0.255. The van der Waals surface area contributed by atoms with Crippen molar-refractivity contribution in [3.05, 3.63) is 10.4 Å². The molecular formula is C13H20N4OS. The Hall–Kier alpha value is -1.74. The van der Waals surface area contributed by atoms with Gasteiger partial charge in [0.2, 0.25) is 0 Å². The number of nitrogens with one attached hydrogen (secondary N) is 2. The van der Waals surface area contributed by atoms with Crippen LogP contribution < -0.4 is 16.4 Å². The van der Waals surface area contributed by atoms with Crippen molar-refractivity contribution in [2.24, 2.45) is 5.92 Å². The second-order valence-electron chi connectivity index (χ2n) is 4.70. The number of nitriles is 1. The number of hydrogen-bond acceptors (Lipinski definition) is 5. The molecule has 0 saturated carbocycles. The molecule has 0 aliphatic carbocycles. The molecule has 19 heavy (non-hydrogen) atoms. The molecule has 0 spiro atoms. The number of nitrogen functional groups attached to an aromatic ring is 1. The average molecular weight is 280 g/mol. The fourth-order valence-electron chi connectivity index (χ4n) is 1.67. The van der Waals surface area contributed by atoms with Gasteiger partial charge in [-0.05, 0) is 18.8 Å². The van der Waals surface area contributed by atoms with Crippen LogP contribution in [-0.2, 0) is 0 Å². The van der Waals surface area contributed by atoms with Gasteiger partial charge in [0, 0.05) is 13.6 Å². The van der Waals surface area contributed by atoms with Crippen LogP contribution in [0.2, 0.25) is 0 Å². The zero-order valence-corrected chi connectivity index (χ0v) is 12.4. The van der Waals surface area contributed by atoms with Crippen molar-refractivity contribution in [3.8, 4) is 6.07 Å². The summed E-state index contributed by atoms with van der Waals surface area (Å²) >= 11 is 1.23. The van der Waals surface area contributed by atoms with Gasteiger partial charge in [0.15, 0.2) is 0 Å². The van der Waals surface area contributed by atoms with Gasteiger partial charge in [0.05, 0.1) is 5.69 Å². The predicted octanol–water partition coefficient (Wildman–Crippen LogP) is 2.41. The molecule has 0 atom stereocenters. The summed E-state index contributed by atoms with van der Waals surface area (Å²) in [6.45, 7) is 5.13. The third-order valence-electron chi connectivity index (χ3n) is 2.73. The zero-order chi connectivity index (χ0) is 14.4. The van der Waals surface area contributed by atoms with Gasteiger partial charge in [-0.25, -0.2) is 0 Å². The summed E-state index contributed by atoms with van der Waals surface area (Å²) in [4.78, 5) is 12.0. The highest BCUT2D eigenvalue weighted by molar-refractivity contribution is 7.18. The van der Waals surface area contributed by atoms with Gasteiger partial charge in [-0.3, -0.25) is 4.79 Å². The maximum atomic E-state index is 11.6. The number of amides is 1. The van der Waals surface area contributed by atoms with Crippen molar-refractivity contribution in [2.75, 3.05) is 24.6 Å². The predicted molar refractivity (Wildman–Crippen MR) is 79.4 cm³/mol. The number of nitrogens with zero attached hydrogens (tertiary/aromatic N) is 1. The molecule has 0 aromatic carbocycles. The average Bonchev–Trinajstić information content (AvgIpc) is 2.70. The summed E-state index contributed by atoms with van der Waals surface area (Å²) in [7, 11) is 1.54. The van der Waals surface area contributed by atoms with Crippen LogP contribution in [0.4, 0.5) is 10.7 Å². The molecule has 1 aromatic rings. The van der Waals surface area contributed by atoms with Crippen molar-refractivity contribution in [1.29, 1.82) is 5.26 Å². The number of carbonyl (C=O) groups is 1. The van der Waals surface area contributed by atoms with Crippen molar-refractivity contribution in [3.63, 3.8) is 0 Å². The number of anilines is 2. The van der Waals surface area contributed by atoms with E-state index >= 15 is 0 Å². The van der Waals surface area contributed by atoms with Crippen molar-refractivity contribution in [2.45, 2.75) is 26.7 Å². The molecule has 1 amide bonds. The Morgan fingerprint density at radius 1 is 1.53 bits per heavy atom. The first-order chi connectivity index (χ1) is 9.01. The van der Waals surface area contributed by atoms with Crippen molar-refractivity contribution in [1.82, 2.24) is 5.32 Å². The molecule has 0 fully saturated rings. The Morgan fingerprint density at radius 3 is 2.74 bits per heavy atom. The van der Waals surface area contributed by atoms with E-state index in [9.17, 15) is 4.79 Å². The number of rotatable bonds is 6. The van der Waals surface area contributed by atoms with Crippen LogP contribution in [0.15, 0.2) is 0 Å². The first-order valence-corrected chi connectivity index (χ1v) is 7.11. The number of nitrogens with two attached hydrogens (primary N) is 1. The van der Waals surface area contributed by atoms with E-state index in [1.54, 1.807) is 7.05 Å². The summed E-state index contributed by atoms with van der Waals surface area (Å²) in [5.74, 6) is 0.404. The molecule has 1 aromatic heterocycles. The van der Waals surface area contributed by atoms with E-state index < -0.39 is 0 Å². The molecule has 1 heterocycles. The van der Waals surface area contributed by atoms with Gasteiger partial charge in [0.1, 0.15) is 21.5 Å². The maximum absolute atomic E-state index is 11.6. The molecular weight excluding hydrogens is 260 g/mol. The smallest absolute Gasteiger partial charge is 0.263 e. The largest absolute Gasteiger partial charge is 0.396 e. The van der Waals surface area contributed by atoms with Crippen LogP contribution in [0.25, 0.3) is 0 Å². The molecule has 6 heteroatoms. The topological polar surface area (TPSA) is 90.9 Å². The molecule has 4 N–H and O–H groups in total. The van der Waals surface area contributed by atoms with Crippen LogP contribution in [0.5, 0.6) is 0 Å². The Balaban J connectivity index is 2.78. The van der Waals surface area contributed by atoms with E-state index in [1.807, 2.05) is 0 Å². The molecule has 0 radical (unpaired) electrons. The summed E-state index contributed by atoms with van der Waals surface area (Å²) in [5.41, 5.74) is 6.46. The van der Waals surface area contributed by atoms with Crippen LogP contribution in [0, 0.1) is 17.2 Å². The minimum Gasteiger partial charge on any atom is -0.396 e. The van der Waals surface area contributed by atoms with Gasteiger partial charge >= 0.3 is 0 Å². The summed E-state index contributed by atoms with van der Waals surface area (Å²) in [5, 5.41) is 15.5. The molecule has 5 nitrogen and oxygen atoms in total. The van der Waals surface area contributed by atoms with E-state index in [1.165, 1.54) is 11.3 Å². The van der Waals surface area contributed by atoms with Crippen LogP contribution in [0.3, 0.4) is 0 Å². The minimum absolute atomic E-state index is 0.255. The highest BCUT2D eigenvalue weighted by atomic mass is 32.1. The molecule has 0 bridgehead atoms. The van der Waals surface area contributed by atoms with E-state index in [4.69, 9.17) is 11.0 Å². The standard InChI is InChI=1S/C13H20N4OS/c1-8(2)5-4-6-17-13-9(7-14)10(15)11(19-13)12(18)16-3/h8,17H,4-6,15H2,1-3H3,(H,16,18).